The van der Waals surface area contributed by atoms with Crippen molar-refractivity contribution in [2.75, 3.05) is 19.3 Å². The van der Waals surface area contributed by atoms with Crippen LogP contribution < -0.4 is 0 Å². The molecule has 7 nitrogen and oxygen atoms in total. The van der Waals surface area contributed by atoms with E-state index in [0.29, 0.717) is 30.6 Å². The van der Waals surface area contributed by atoms with Crippen LogP contribution in [0.4, 0.5) is 9.18 Å². The average molecular weight is 416 g/mol. The van der Waals surface area contributed by atoms with E-state index in [4.69, 9.17) is 9.52 Å². The Balaban J connectivity index is 1.67. The van der Waals surface area contributed by atoms with Crippen LogP contribution in [0, 0.1) is 5.82 Å². The van der Waals surface area contributed by atoms with Crippen LogP contribution in [0.5, 0.6) is 0 Å². The Bertz CT molecular complexity index is 1260. The van der Waals surface area contributed by atoms with E-state index in [1.165, 1.54) is 17.0 Å². The van der Waals surface area contributed by atoms with Gasteiger partial charge in [0.25, 0.3) is 0 Å². The zero-order valence-corrected chi connectivity index (χ0v) is 16.2. The number of fused-ring (bicyclic) bond motifs is 1. The molecular formula is C20H17FN2O5S. The van der Waals surface area contributed by atoms with E-state index in [0.717, 1.165) is 23.5 Å². The number of sulfone groups is 1. The van der Waals surface area contributed by atoms with Gasteiger partial charge < -0.3 is 14.4 Å². The van der Waals surface area contributed by atoms with Gasteiger partial charge in [0.1, 0.15) is 11.3 Å². The minimum absolute atomic E-state index is 0.0596. The molecule has 1 N–H and O–H groups in total. The maximum atomic E-state index is 14.4. The lowest BCUT2D eigenvalue weighted by Crippen LogP contribution is -2.33. The summed E-state index contributed by atoms with van der Waals surface area (Å²) >= 11 is 0. The lowest BCUT2D eigenvalue weighted by Gasteiger charge is -2.23. The number of halogens is 1. The lowest BCUT2D eigenvalue weighted by atomic mass is 9.99. The first-order valence-electron chi connectivity index (χ1n) is 8.80. The predicted octanol–water partition coefficient (Wildman–Crippen LogP) is 3.80. The standard InChI is InChI=1S/C20H17FN2O5S/c1-29(26,27)14-3-4-15(16(21)11-14)19-22-17-10-13(2-5-18(17)28-19)12-6-8-23(9-7-12)20(24)25/h2-6,10-11H,7-9H2,1H3,(H,24,25). The molecule has 0 fully saturated rings. The smallest absolute Gasteiger partial charge is 0.407 e. The minimum atomic E-state index is -3.51. The second-order valence-electron chi connectivity index (χ2n) is 6.82. The van der Waals surface area contributed by atoms with Gasteiger partial charge in [-0.15, -0.1) is 0 Å². The normalized spacial score (nSPS) is 14.8. The van der Waals surface area contributed by atoms with E-state index in [1.807, 2.05) is 18.2 Å². The SMILES string of the molecule is CS(=O)(=O)c1ccc(-c2nc3cc(C4=CCN(C(=O)O)CC4)ccc3o2)c(F)c1. The van der Waals surface area contributed by atoms with E-state index < -0.39 is 21.7 Å². The highest BCUT2D eigenvalue weighted by molar-refractivity contribution is 7.90. The molecule has 1 amide bonds. The first-order chi connectivity index (χ1) is 13.7. The molecule has 0 aliphatic carbocycles. The number of amides is 1. The molecule has 4 rings (SSSR count). The predicted molar refractivity (Wildman–Crippen MR) is 105 cm³/mol. The molecule has 0 spiro atoms. The fourth-order valence-electron chi connectivity index (χ4n) is 3.25. The van der Waals surface area contributed by atoms with E-state index >= 15 is 0 Å². The number of hydrogen-bond acceptors (Lipinski definition) is 5. The summed E-state index contributed by atoms with van der Waals surface area (Å²) in [6.45, 7) is 0.742. The van der Waals surface area contributed by atoms with Crippen molar-refractivity contribution in [3.8, 4) is 11.5 Å². The van der Waals surface area contributed by atoms with E-state index in [2.05, 4.69) is 4.98 Å². The lowest BCUT2D eigenvalue weighted by molar-refractivity contribution is 0.150. The largest absolute Gasteiger partial charge is 0.465 e. The molecule has 0 saturated heterocycles. The summed E-state index contributed by atoms with van der Waals surface area (Å²) in [7, 11) is -3.51. The van der Waals surface area contributed by atoms with Crippen LogP contribution in [0.1, 0.15) is 12.0 Å². The van der Waals surface area contributed by atoms with Crippen molar-refractivity contribution >= 4 is 32.6 Å². The molecule has 0 bridgehead atoms. The van der Waals surface area contributed by atoms with Crippen molar-refractivity contribution in [2.24, 2.45) is 0 Å². The molecule has 2 aromatic carbocycles. The van der Waals surface area contributed by atoms with Gasteiger partial charge in [-0.25, -0.2) is 22.6 Å². The van der Waals surface area contributed by atoms with E-state index in [9.17, 15) is 17.6 Å². The van der Waals surface area contributed by atoms with Gasteiger partial charge in [-0.3, -0.25) is 0 Å². The summed E-state index contributed by atoms with van der Waals surface area (Å²) in [5.41, 5.74) is 2.99. The monoisotopic (exact) mass is 416 g/mol. The Labute approximate surface area is 166 Å². The third kappa shape index (κ3) is 3.73. The number of carboxylic acid groups (broad SMARTS) is 1. The number of oxazole rings is 1. The summed E-state index contributed by atoms with van der Waals surface area (Å²) in [5.74, 6) is -0.673. The highest BCUT2D eigenvalue weighted by atomic mass is 32.2. The Morgan fingerprint density at radius 3 is 2.66 bits per heavy atom. The van der Waals surface area contributed by atoms with Crippen molar-refractivity contribution in [1.29, 1.82) is 0 Å². The van der Waals surface area contributed by atoms with E-state index in [1.54, 1.807) is 6.07 Å². The second kappa shape index (κ2) is 7.00. The van der Waals surface area contributed by atoms with Crippen LogP contribution in [0.25, 0.3) is 28.1 Å². The topological polar surface area (TPSA) is 101 Å². The number of hydrogen-bond donors (Lipinski definition) is 1. The van der Waals surface area contributed by atoms with Crippen LogP contribution >= 0.6 is 0 Å². The number of carbonyl (C=O) groups is 1. The van der Waals surface area contributed by atoms with Crippen LogP contribution in [-0.2, 0) is 9.84 Å². The average Bonchev–Trinajstić information content (AvgIpc) is 3.10. The summed E-state index contributed by atoms with van der Waals surface area (Å²) < 4.78 is 43.2. The molecule has 1 aliphatic heterocycles. The zero-order valence-electron chi connectivity index (χ0n) is 15.4. The molecule has 9 heteroatoms. The Hall–Kier alpha value is -3.20. The molecule has 3 aromatic rings. The first-order valence-corrected chi connectivity index (χ1v) is 10.7. The van der Waals surface area contributed by atoms with Gasteiger partial charge in [0.2, 0.25) is 5.89 Å². The van der Waals surface area contributed by atoms with Crippen LogP contribution in [0.2, 0.25) is 0 Å². The number of rotatable bonds is 3. The maximum Gasteiger partial charge on any atom is 0.407 e. The third-order valence-corrected chi connectivity index (χ3v) is 5.95. The van der Waals surface area contributed by atoms with Crippen LogP contribution in [0.3, 0.4) is 0 Å². The molecule has 0 atom stereocenters. The highest BCUT2D eigenvalue weighted by Crippen LogP contribution is 2.30. The van der Waals surface area contributed by atoms with Gasteiger partial charge in [0, 0.05) is 19.3 Å². The number of benzene rings is 2. The number of aromatic nitrogens is 1. The minimum Gasteiger partial charge on any atom is -0.465 e. The van der Waals surface area contributed by atoms with Gasteiger partial charge >= 0.3 is 6.09 Å². The quantitative estimate of drug-likeness (QED) is 0.697. The van der Waals surface area contributed by atoms with E-state index in [-0.39, 0.29) is 16.3 Å². The van der Waals surface area contributed by atoms with Crippen molar-refractivity contribution in [1.82, 2.24) is 9.88 Å². The van der Waals surface area contributed by atoms with Gasteiger partial charge in [-0.05, 0) is 47.9 Å². The van der Waals surface area contributed by atoms with Crippen LogP contribution in [0.15, 0.2) is 51.8 Å². The third-order valence-electron chi connectivity index (χ3n) is 4.84. The Morgan fingerprint density at radius 2 is 2.03 bits per heavy atom. The number of nitrogens with zero attached hydrogens (tertiary/aromatic N) is 2. The molecule has 0 saturated carbocycles. The fraction of sp³-hybridized carbons (Fsp3) is 0.200. The van der Waals surface area contributed by atoms with Gasteiger partial charge in [-0.2, -0.15) is 0 Å². The van der Waals surface area contributed by atoms with Crippen LogP contribution in [-0.4, -0.2) is 48.8 Å². The molecular weight excluding hydrogens is 399 g/mol. The molecule has 150 valence electrons. The maximum absolute atomic E-state index is 14.4. The van der Waals surface area contributed by atoms with Gasteiger partial charge in [0.15, 0.2) is 15.4 Å². The summed E-state index contributed by atoms with van der Waals surface area (Å²) in [6.07, 6.45) is 2.52. The van der Waals surface area contributed by atoms with Gasteiger partial charge in [-0.1, -0.05) is 12.1 Å². The second-order valence-corrected chi connectivity index (χ2v) is 8.84. The van der Waals surface area contributed by atoms with Crippen molar-refractivity contribution in [3.63, 3.8) is 0 Å². The molecule has 2 heterocycles. The van der Waals surface area contributed by atoms with Gasteiger partial charge in [0.05, 0.1) is 10.5 Å². The highest BCUT2D eigenvalue weighted by Gasteiger charge is 2.19. The molecule has 1 aromatic heterocycles. The summed E-state index contributed by atoms with van der Waals surface area (Å²) in [4.78, 5) is 16.6. The van der Waals surface area contributed by atoms with Crippen molar-refractivity contribution in [2.45, 2.75) is 11.3 Å². The van der Waals surface area contributed by atoms with Crippen molar-refractivity contribution in [3.05, 3.63) is 53.9 Å². The summed E-state index contributed by atoms with van der Waals surface area (Å²) in [5, 5.41) is 9.04. The zero-order chi connectivity index (χ0) is 20.8. The molecule has 0 unspecified atom stereocenters. The van der Waals surface area contributed by atoms with Crippen molar-refractivity contribution < 1.29 is 27.1 Å². The summed E-state index contributed by atoms with van der Waals surface area (Å²) in [6, 6.07) is 8.99. The Kier molecular flexibility index (Phi) is 4.62. The fourth-order valence-corrected chi connectivity index (χ4v) is 3.88. The molecule has 0 radical (unpaired) electrons. The Morgan fingerprint density at radius 1 is 1.24 bits per heavy atom. The molecule has 1 aliphatic rings. The molecule has 29 heavy (non-hydrogen) atoms. The first kappa shape index (κ1) is 19.1.